The average Bonchev–Trinajstić information content (AvgIpc) is 2.62. The molecule has 0 aromatic carbocycles. The molecule has 12 heavy (non-hydrogen) atoms. The number of hydrogen-bond donors (Lipinski definition) is 1. The fourth-order valence-electron chi connectivity index (χ4n) is 1.23. The number of nitrogens with two attached hydrogens (primary N) is 1. The van der Waals surface area contributed by atoms with E-state index < -0.39 is 0 Å². The molecule has 2 N–H and O–H groups in total. The molecule has 0 spiro atoms. The zero-order valence-electron chi connectivity index (χ0n) is 7.63. The quantitative estimate of drug-likeness (QED) is 0.592. The van der Waals surface area contributed by atoms with Crippen molar-refractivity contribution in [3.8, 4) is 0 Å². The van der Waals surface area contributed by atoms with Crippen LogP contribution in [-0.4, -0.2) is 32.5 Å². The second kappa shape index (κ2) is 6.40. The highest BCUT2D eigenvalue weighted by atomic mass is 16.5. The lowest BCUT2D eigenvalue weighted by atomic mass is 10.1. The van der Waals surface area contributed by atoms with Crippen molar-refractivity contribution in [2.45, 2.75) is 31.7 Å². The normalized spacial score (nSPS) is 24.8. The van der Waals surface area contributed by atoms with E-state index in [1.165, 1.54) is 12.8 Å². The summed E-state index contributed by atoms with van der Waals surface area (Å²) in [4.78, 5) is 0. The van der Waals surface area contributed by atoms with Crippen LogP contribution in [0.5, 0.6) is 0 Å². The highest BCUT2D eigenvalue weighted by Gasteiger charge is 2.06. The third kappa shape index (κ3) is 4.70. The molecule has 0 unspecified atom stereocenters. The van der Waals surface area contributed by atoms with Crippen LogP contribution in [0.3, 0.4) is 0 Å². The molecule has 2 saturated heterocycles. The fraction of sp³-hybridized carbons (Fsp3) is 1.00. The Morgan fingerprint density at radius 3 is 1.58 bits per heavy atom. The maximum atomic E-state index is 5.55. The first-order chi connectivity index (χ1) is 5.89. The van der Waals surface area contributed by atoms with Gasteiger partial charge in [0, 0.05) is 32.5 Å². The Kier molecular flexibility index (Phi) is 5.32. The van der Waals surface area contributed by atoms with Crippen molar-refractivity contribution in [3.63, 3.8) is 0 Å². The Labute approximate surface area is 74.2 Å². The van der Waals surface area contributed by atoms with Gasteiger partial charge in [0.2, 0.25) is 0 Å². The van der Waals surface area contributed by atoms with Gasteiger partial charge in [0.15, 0.2) is 0 Å². The maximum Gasteiger partial charge on any atom is 0.0480 e. The monoisotopic (exact) mass is 173 g/mol. The van der Waals surface area contributed by atoms with Crippen molar-refractivity contribution in [2.75, 3.05) is 26.4 Å². The second-order valence-electron chi connectivity index (χ2n) is 3.27. The van der Waals surface area contributed by atoms with Crippen molar-refractivity contribution >= 4 is 0 Å². The molecule has 0 amide bonds. The van der Waals surface area contributed by atoms with Crippen LogP contribution in [-0.2, 0) is 9.47 Å². The summed E-state index contributed by atoms with van der Waals surface area (Å²) in [5.74, 6) is 0. The van der Waals surface area contributed by atoms with Crippen LogP contribution in [0.4, 0.5) is 0 Å². The van der Waals surface area contributed by atoms with Gasteiger partial charge >= 0.3 is 0 Å². The molecule has 3 nitrogen and oxygen atoms in total. The molecule has 0 aliphatic carbocycles. The van der Waals surface area contributed by atoms with E-state index in [1.54, 1.807) is 0 Å². The van der Waals surface area contributed by atoms with E-state index in [4.69, 9.17) is 15.2 Å². The molecule has 0 aromatic rings. The SMILES string of the molecule is C1CCOC1.NC1CCOCC1. The van der Waals surface area contributed by atoms with Crippen LogP contribution >= 0.6 is 0 Å². The van der Waals surface area contributed by atoms with Gasteiger partial charge in [-0.3, -0.25) is 0 Å². The summed E-state index contributed by atoms with van der Waals surface area (Å²) in [7, 11) is 0. The van der Waals surface area contributed by atoms with E-state index in [2.05, 4.69) is 0 Å². The Morgan fingerprint density at radius 1 is 0.833 bits per heavy atom. The van der Waals surface area contributed by atoms with E-state index in [0.29, 0.717) is 6.04 Å². The molecule has 2 aliphatic heterocycles. The molecular weight excluding hydrogens is 154 g/mol. The first-order valence-electron chi connectivity index (χ1n) is 4.80. The molecule has 3 heteroatoms. The number of ether oxygens (including phenoxy) is 2. The minimum atomic E-state index is 0.411. The lowest BCUT2D eigenvalue weighted by Gasteiger charge is -2.16. The molecule has 72 valence electrons. The predicted molar refractivity (Wildman–Crippen MR) is 48.1 cm³/mol. The minimum absolute atomic E-state index is 0.411. The van der Waals surface area contributed by atoms with Gasteiger partial charge in [-0.15, -0.1) is 0 Å². The number of rotatable bonds is 0. The van der Waals surface area contributed by atoms with Gasteiger partial charge in [-0.25, -0.2) is 0 Å². The first kappa shape index (κ1) is 9.96. The lowest BCUT2D eigenvalue weighted by Crippen LogP contribution is -2.28. The van der Waals surface area contributed by atoms with Gasteiger partial charge in [0.05, 0.1) is 0 Å². The Balaban J connectivity index is 0.000000127. The lowest BCUT2D eigenvalue weighted by molar-refractivity contribution is 0.0866. The van der Waals surface area contributed by atoms with Crippen LogP contribution in [0.15, 0.2) is 0 Å². The van der Waals surface area contributed by atoms with Gasteiger partial charge < -0.3 is 15.2 Å². The first-order valence-corrected chi connectivity index (χ1v) is 4.80. The summed E-state index contributed by atoms with van der Waals surface area (Å²) < 4.78 is 10.0. The number of hydrogen-bond acceptors (Lipinski definition) is 3. The van der Waals surface area contributed by atoms with Crippen molar-refractivity contribution < 1.29 is 9.47 Å². The third-order valence-corrected chi connectivity index (χ3v) is 2.09. The maximum absolute atomic E-state index is 5.55. The molecule has 0 saturated carbocycles. The third-order valence-electron chi connectivity index (χ3n) is 2.09. The van der Waals surface area contributed by atoms with E-state index in [0.717, 1.165) is 39.3 Å². The molecule has 2 aliphatic rings. The van der Waals surface area contributed by atoms with Crippen LogP contribution < -0.4 is 5.73 Å². The van der Waals surface area contributed by atoms with Gasteiger partial charge in [0.1, 0.15) is 0 Å². The molecule has 2 rings (SSSR count). The molecule has 2 heterocycles. The van der Waals surface area contributed by atoms with Crippen molar-refractivity contribution in [2.24, 2.45) is 5.73 Å². The largest absolute Gasteiger partial charge is 0.381 e. The second-order valence-corrected chi connectivity index (χ2v) is 3.27. The zero-order chi connectivity index (χ0) is 8.65. The van der Waals surface area contributed by atoms with Crippen LogP contribution in [0.2, 0.25) is 0 Å². The molecule has 0 atom stereocenters. The smallest absolute Gasteiger partial charge is 0.0480 e. The molecule has 0 bridgehead atoms. The predicted octanol–water partition coefficient (Wildman–Crippen LogP) is 0.921. The summed E-state index contributed by atoms with van der Waals surface area (Å²) in [5.41, 5.74) is 5.55. The van der Waals surface area contributed by atoms with Crippen molar-refractivity contribution in [1.82, 2.24) is 0 Å². The van der Waals surface area contributed by atoms with Gasteiger partial charge in [-0.05, 0) is 25.7 Å². The van der Waals surface area contributed by atoms with E-state index >= 15 is 0 Å². The van der Waals surface area contributed by atoms with Crippen LogP contribution in [0.25, 0.3) is 0 Å². The summed E-state index contributed by atoms with van der Waals surface area (Å²) >= 11 is 0. The van der Waals surface area contributed by atoms with Gasteiger partial charge in [-0.1, -0.05) is 0 Å². The van der Waals surface area contributed by atoms with E-state index in [1.807, 2.05) is 0 Å². The average molecular weight is 173 g/mol. The standard InChI is InChI=1S/C5H11NO.C4H8O/c6-5-1-3-7-4-2-5;1-2-4-5-3-1/h5H,1-4,6H2;1-4H2. The van der Waals surface area contributed by atoms with Gasteiger partial charge in [-0.2, -0.15) is 0 Å². The fourth-order valence-corrected chi connectivity index (χ4v) is 1.23. The molecule has 0 aromatic heterocycles. The molecule has 0 radical (unpaired) electrons. The summed E-state index contributed by atoms with van der Waals surface area (Å²) in [5, 5.41) is 0. The minimum Gasteiger partial charge on any atom is -0.381 e. The van der Waals surface area contributed by atoms with E-state index in [9.17, 15) is 0 Å². The molecular formula is C9H19NO2. The van der Waals surface area contributed by atoms with Crippen LogP contribution in [0, 0.1) is 0 Å². The topological polar surface area (TPSA) is 44.5 Å². The molecule has 2 fully saturated rings. The summed E-state index contributed by atoms with van der Waals surface area (Å²) in [6.07, 6.45) is 4.64. The Morgan fingerprint density at radius 2 is 1.33 bits per heavy atom. The van der Waals surface area contributed by atoms with E-state index in [-0.39, 0.29) is 0 Å². The van der Waals surface area contributed by atoms with Crippen molar-refractivity contribution in [1.29, 1.82) is 0 Å². The van der Waals surface area contributed by atoms with Crippen LogP contribution in [0.1, 0.15) is 25.7 Å². The highest BCUT2D eigenvalue weighted by molar-refractivity contribution is 4.63. The highest BCUT2D eigenvalue weighted by Crippen LogP contribution is 2.01. The Bertz CT molecular complexity index is 91.1. The zero-order valence-corrected chi connectivity index (χ0v) is 7.63. The summed E-state index contributed by atoms with van der Waals surface area (Å²) in [6, 6.07) is 0.411. The van der Waals surface area contributed by atoms with Crippen molar-refractivity contribution in [3.05, 3.63) is 0 Å². The Hall–Kier alpha value is -0.120. The summed E-state index contributed by atoms with van der Waals surface area (Å²) in [6.45, 7) is 3.72. The van der Waals surface area contributed by atoms with Gasteiger partial charge in [0.25, 0.3) is 0 Å².